The van der Waals surface area contributed by atoms with Crippen molar-refractivity contribution in [2.75, 3.05) is 5.32 Å². The average molecular weight is 416 g/mol. The lowest BCUT2D eigenvalue weighted by molar-refractivity contribution is 0.374. The number of halogens is 3. The molecule has 2 aromatic rings. The van der Waals surface area contributed by atoms with Crippen LogP contribution in [0.25, 0.3) is 0 Å². The Kier molecular flexibility index (Phi) is 4.39. The van der Waals surface area contributed by atoms with Crippen LogP contribution in [0.5, 0.6) is 0 Å². The van der Waals surface area contributed by atoms with Crippen molar-refractivity contribution < 1.29 is 0 Å². The summed E-state index contributed by atoms with van der Waals surface area (Å²) in [6, 6.07) is 14.9. The van der Waals surface area contributed by atoms with Crippen molar-refractivity contribution >= 4 is 49.1 Å². The van der Waals surface area contributed by atoms with Gasteiger partial charge in [-0.1, -0.05) is 29.8 Å². The SMILES string of the molecule is Clc1ccc(C2CC(Nc3c(Br)cccc3Br)C2)cc1. The topological polar surface area (TPSA) is 12.0 Å². The number of hydrogen-bond donors (Lipinski definition) is 1. The summed E-state index contributed by atoms with van der Waals surface area (Å²) in [5.41, 5.74) is 2.53. The molecule has 0 heterocycles. The van der Waals surface area contributed by atoms with E-state index in [1.54, 1.807) is 0 Å². The third kappa shape index (κ3) is 3.05. The quantitative estimate of drug-likeness (QED) is 0.627. The summed E-state index contributed by atoms with van der Waals surface area (Å²) in [5, 5.41) is 4.41. The fourth-order valence-electron chi connectivity index (χ4n) is 2.58. The maximum absolute atomic E-state index is 5.93. The first-order valence-corrected chi connectivity index (χ1v) is 8.56. The highest BCUT2D eigenvalue weighted by Gasteiger charge is 2.30. The minimum atomic E-state index is 0.533. The van der Waals surface area contributed by atoms with Crippen LogP contribution in [-0.4, -0.2) is 6.04 Å². The zero-order valence-electron chi connectivity index (χ0n) is 10.7. The van der Waals surface area contributed by atoms with Crippen molar-refractivity contribution in [2.45, 2.75) is 24.8 Å². The zero-order valence-corrected chi connectivity index (χ0v) is 14.7. The summed E-state index contributed by atoms with van der Waals surface area (Å²) in [7, 11) is 0. The van der Waals surface area contributed by atoms with Crippen molar-refractivity contribution in [1.82, 2.24) is 0 Å². The molecule has 2 aromatic carbocycles. The van der Waals surface area contributed by atoms with Gasteiger partial charge in [0.25, 0.3) is 0 Å². The number of hydrogen-bond acceptors (Lipinski definition) is 1. The number of para-hydroxylation sites is 1. The van der Waals surface area contributed by atoms with E-state index in [4.69, 9.17) is 11.6 Å². The molecule has 0 amide bonds. The van der Waals surface area contributed by atoms with Crippen LogP contribution in [0.2, 0.25) is 5.02 Å². The molecule has 0 unspecified atom stereocenters. The molecular formula is C16H14Br2ClN. The number of nitrogens with one attached hydrogen (secondary N) is 1. The summed E-state index contributed by atoms with van der Waals surface area (Å²) >= 11 is 13.1. The van der Waals surface area contributed by atoms with Gasteiger partial charge in [-0.3, -0.25) is 0 Å². The lowest BCUT2D eigenvalue weighted by atomic mass is 9.76. The molecule has 1 saturated carbocycles. The Morgan fingerprint density at radius 2 is 1.55 bits per heavy atom. The first kappa shape index (κ1) is 14.4. The molecule has 4 heteroatoms. The Labute approximate surface area is 141 Å². The third-order valence-corrected chi connectivity index (χ3v) is 5.36. The molecule has 1 nitrogen and oxygen atoms in total. The van der Waals surface area contributed by atoms with Crippen LogP contribution >= 0.6 is 43.5 Å². The Bertz CT molecular complexity index is 586. The van der Waals surface area contributed by atoms with E-state index < -0.39 is 0 Å². The summed E-state index contributed by atoms with van der Waals surface area (Å²) in [5.74, 6) is 0.644. The first-order valence-electron chi connectivity index (χ1n) is 6.59. The molecule has 104 valence electrons. The molecule has 0 aliphatic heterocycles. The minimum absolute atomic E-state index is 0.533. The van der Waals surface area contributed by atoms with Crippen molar-refractivity contribution in [3.05, 3.63) is 62.0 Å². The third-order valence-electron chi connectivity index (χ3n) is 3.79. The average Bonchev–Trinajstić information content (AvgIpc) is 2.38. The lowest BCUT2D eigenvalue weighted by Crippen LogP contribution is -2.34. The smallest absolute Gasteiger partial charge is 0.0631 e. The van der Waals surface area contributed by atoms with Crippen molar-refractivity contribution in [1.29, 1.82) is 0 Å². The van der Waals surface area contributed by atoms with E-state index in [0.717, 1.165) is 32.5 Å². The Balaban J connectivity index is 1.62. The van der Waals surface area contributed by atoms with E-state index in [2.05, 4.69) is 61.4 Å². The van der Waals surface area contributed by atoms with Crippen LogP contribution in [0.3, 0.4) is 0 Å². The summed E-state index contributed by atoms with van der Waals surface area (Å²) in [6.07, 6.45) is 2.32. The Morgan fingerprint density at radius 3 is 2.15 bits per heavy atom. The first-order chi connectivity index (χ1) is 9.63. The van der Waals surface area contributed by atoms with Crippen LogP contribution in [0.15, 0.2) is 51.4 Å². The van der Waals surface area contributed by atoms with E-state index >= 15 is 0 Å². The van der Waals surface area contributed by atoms with Gasteiger partial charge >= 0.3 is 0 Å². The van der Waals surface area contributed by atoms with E-state index in [1.165, 1.54) is 5.56 Å². The highest BCUT2D eigenvalue weighted by atomic mass is 79.9. The second kappa shape index (κ2) is 6.08. The van der Waals surface area contributed by atoms with E-state index in [9.17, 15) is 0 Å². The van der Waals surface area contributed by atoms with Gasteiger partial charge < -0.3 is 5.32 Å². The van der Waals surface area contributed by atoms with Crippen LogP contribution in [-0.2, 0) is 0 Å². The normalized spacial score (nSPS) is 21.4. The van der Waals surface area contributed by atoms with Gasteiger partial charge in [0.15, 0.2) is 0 Å². The monoisotopic (exact) mass is 413 g/mol. The number of benzene rings is 2. The molecule has 0 saturated heterocycles. The molecule has 1 aliphatic rings. The van der Waals surface area contributed by atoms with Crippen molar-refractivity contribution in [3.8, 4) is 0 Å². The van der Waals surface area contributed by atoms with Gasteiger partial charge in [-0.2, -0.15) is 0 Å². The standard InChI is InChI=1S/C16H14Br2ClN/c17-14-2-1-3-15(18)16(14)20-13-8-11(9-13)10-4-6-12(19)7-5-10/h1-7,11,13,20H,8-9H2. The van der Waals surface area contributed by atoms with Crippen molar-refractivity contribution in [2.24, 2.45) is 0 Å². The number of anilines is 1. The van der Waals surface area contributed by atoms with Gasteiger partial charge in [0.1, 0.15) is 0 Å². The molecular weight excluding hydrogens is 401 g/mol. The lowest BCUT2D eigenvalue weighted by Gasteiger charge is -2.37. The highest BCUT2D eigenvalue weighted by Crippen LogP contribution is 2.41. The molecule has 20 heavy (non-hydrogen) atoms. The maximum Gasteiger partial charge on any atom is 0.0631 e. The predicted molar refractivity (Wildman–Crippen MR) is 92.7 cm³/mol. The van der Waals surface area contributed by atoms with E-state index in [0.29, 0.717) is 12.0 Å². The zero-order chi connectivity index (χ0) is 14.1. The fraction of sp³-hybridized carbons (Fsp3) is 0.250. The molecule has 1 aliphatic carbocycles. The summed E-state index contributed by atoms with van der Waals surface area (Å²) in [4.78, 5) is 0. The van der Waals surface area contributed by atoms with Gasteiger partial charge in [-0.25, -0.2) is 0 Å². The fourth-order valence-corrected chi connectivity index (χ4v) is 3.94. The van der Waals surface area contributed by atoms with Crippen LogP contribution in [0, 0.1) is 0 Å². The van der Waals surface area contributed by atoms with Gasteiger partial charge in [-0.15, -0.1) is 0 Å². The summed E-state index contributed by atoms with van der Waals surface area (Å²) < 4.78 is 2.20. The molecule has 3 rings (SSSR count). The molecule has 0 radical (unpaired) electrons. The van der Waals surface area contributed by atoms with Crippen molar-refractivity contribution in [3.63, 3.8) is 0 Å². The van der Waals surface area contributed by atoms with Gasteiger partial charge in [-0.05, 0) is 80.4 Å². The molecule has 0 atom stereocenters. The van der Waals surface area contributed by atoms with Gasteiger partial charge in [0, 0.05) is 20.0 Å². The van der Waals surface area contributed by atoms with Crippen LogP contribution in [0.1, 0.15) is 24.3 Å². The maximum atomic E-state index is 5.93. The summed E-state index contributed by atoms with van der Waals surface area (Å²) in [6.45, 7) is 0. The van der Waals surface area contributed by atoms with Crippen LogP contribution in [0.4, 0.5) is 5.69 Å². The second-order valence-corrected chi connectivity index (χ2v) is 7.30. The molecule has 1 fully saturated rings. The Hall–Kier alpha value is -0.510. The molecule has 0 spiro atoms. The predicted octanol–water partition coefficient (Wildman–Crippen LogP) is 6.22. The Morgan fingerprint density at radius 1 is 0.950 bits per heavy atom. The van der Waals surface area contributed by atoms with Gasteiger partial charge in [0.2, 0.25) is 0 Å². The minimum Gasteiger partial charge on any atom is -0.380 e. The van der Waals surface area contributed by atoms with Crippen LogP contribution < -0.4 is 5.32 Å². The largest absolute Gasteiger partial charge is 0.380 e. The van der Waals surface area contributed by atoms with Gasteiger partial charge in [0.05, 0.1) is 5.69 Å². The van der Waals surface area contributed by atoms with E-state index in [1.807, 2.05) is 18.2 Å². The molecule has 1 N–H and O–H groups in total. The molecule has 0 aromatic heterocycles. The highest BCUT2D eigenvalue weighted by molar-refractivity contribution is 9.11. The second-order valence-electron chi connectivity index (χ2n) is 5.16. The molecule has 0 bridgehead atoms. The number of rotatable bonds is 3. The van der Waals surface area contributed by atoms with E-state index in [-0.39, 0.29) is 0 Å².